The Morgan fingerprint density at radius 1 is 0.409 bits per heavy atom. The first-order valence-electron chi connectivity index (χ1n) is 14.7. The van der Waals surface area contributed by atoms with Gasteiger partial charge in [-0.3, -0.25) is 0 Å². The smallest absolute Gasteiger partial charge is 0.0992 e. The highest BCUT2D eigenvalue weighted by Gasteiger charge is 2.26. The zero-order valence-corrected chi connectivity index (χ0v) is 23.9. The molecule has 0 spiro atoms. The van der Waals surface area contributed by atoms with Crippen molar-refractivity contribution < 1.29 is 0 Å². The molecule has 2 aliphatic rings. The van der Waals surface area contributed by atoms with E-state index in [0.717, 1.165) is 58.1 Å². The monoisotopic (exact) mass is 562 g/mol. The van der Waals surface area contributed by atoms with Gasteiger partial charge in [0.05, 0.1) is 23.3 Å². The van der Waals surface area contributed by atoms with Gasteiger partial charge in [0.2, 0.25) is 0 Å². The molecule has 2 heterocycles. The van der Waals surface area contributed by atoms with Gasteiger partial charge in [-0.1, -0.05) is 72.8 Å². The molecule has 4 nitrogen and oxygen atoms in total. The molecule has 206 valence electrons. The number of rotatable bonds is 3. The summed E-state index contributed by atoms with van der Waals surface area (Å²) in [4.78, 5) is 4.51. The van der Waals surface area contributed by atoms with Crippen molar-refractivity contribution >= 4 is 34.1 Å². The quantitative estimate of drug-likeness (QED) is 0.215. The number of nitrogens with zero attached hydrogens (tertiary/aromatic N) is 4. The largest absolute Gasteiger partial charge is 0.310 e. The van der Waals surface area contributed by atoms with Crippen LogP contribution in [0.25, 0.3) is 11.1 Å². The Bertz CT molecular complexity index is 1930. The predicted octanol–water partition coefficient (Wildman–Crippen LogP) is 9.84. The molecule has 0 unspecified atom stereocenters. The molecule has 0 N–H and O–H groups in total. The minimum Gasteiger partial charge on any atom is -0.310 e. The minimum atomic E-state index is 0.565. The zero-order valence-electron chi connectivity index (χ0n) is 23.9. The molecule has 0 saturated heterocycles. The molecule has 0 aliphatic carbocycles. The Morgan fingerprint density at radius 3 is 1.05 bits per heavy atom. The number of para-hydroxylation sites is 4. The fourth-order valence-electron chi connectivity index (χ4n) is 6.68. The number of hydrogen-bond donors (Lipinski definition) is 0. The van der Waals surface area contributed by atoms with Gasteiger partial charge in [-0.05, 0) is 94.0 Å². The molecule has 0 radical (unpaired) electrons. The Morgan fingerprint density at radius 2 is 0.727 bits per heavy atom. The first kappa shape index (κ1) is 25.6. The van der Waals surface area contributed by atoms with E-state index >= 15 is 0 Å². The van der Waals surface area contributed by atoms with Gasteiger partial charge in [-0.15, -0.1) is 0 Å². The Kier molecular flexibility index (Phi) is 6.00. The van der Waals surface area contributed by atoms with Crippen LogP contribution in [0.3, 0.4) is 0 Å². The fourth-order valence-corrected chi connectivity index (χ4v) is 6.68. The van der Waals surface area contributed by atoms with Crippen LogP contribution in [0.5, 0.6) is 0 Å². The third-order valence-electron chi connectivity index (χ3n) is 8.64. The second kappa shape index (κ2) is 10.3. The van der Waals surface area contributed by atoms with E-state index in [1.165, 1.54) is 22.3 Å². The van der Waals surface area contributed by atoms with Gasteiger partial charge in [-0.25, -0.2) is 0 Å². The van der Waals surface area contributed by atoms with Gasteiger partial charge in [0.1, 0.15) is 0 Å². The molecule has 4 heteroatoms. The van der Waals surface area contributed by atoms with Gasteiger partial charge >= 0.3 is 0 Å². The minimum absolute atomic E-state index is 0.565. The number of hydrogen-bond acceptors (Lipinski definition) is 4. The Balaban J connectivity index is 1.32. The van der Waals surface area contributed by atoms with Crippen LogP contribution >= 0.6 is 0 Å². The van der Waals surface area contributed by atoms with Crippen molar-refractivity contribution in [3.63, 3.8) is 0 Å². The van der Waals surface area contributed by atoms with Gasteiger partial charge in [0.15, 0.2) is 0 Å². The summed E-state index contributed by atoms with van der Waals surface area (Å²) in [5, 5.41) is 20.3. The lowest BCUT2D eigenvalue weighted by Gasteiger charge is -2.34. The Labute approximate surface area is 256 Å². The number of anilines is 6. The maximum Gasteiger partial charge on any atom is 0.0992 e. The lowest BCUT2D eigenvalue weighted by Crippen LogP contribution is -2.19. The third-order valence-corrected chi connectivity index (χ3v) is 8.64. The first-order valence-corrected chi connectivity index (χ1v) is 14.7. The lowest BCUT2D eigenvalue weighted by atomic mass is 9.93. The van der Waals surface area contributed by atoms with Gasteiger partial charge in [0.25, 0.3) is 0 Å². The Hall–Kier alpha value is -6.10. The van der Waals surface area contributed by atoms with E-state index < -0.39 is 0 Å². The normalized spacial score (nSPS) is 12.7. The summed E-state index contributed by atoms with van der Waals surface area (Å²) < 4.78 is 0. The molecule has 8 rings (SSSR count). The van der Waals surface area contributed by atoms with Crippen LogP contribution in [0.1, 0.15) is 33.4 Å². The van der Waals surface area contributed by atoms with Crippen molar-refractivity contribution in [1.29, 1.82) is 10.5 Å². The number of fused-ring (bicyclic) bond motifs is 4. The van der Waals surface area contributed by atoms with Crippen LogP contribution in [0.15, 0.2) is 133 Å². The second-order valence-electron chi connectivity index (χ2n) is 11.3. The van der Waals surface area contributed by atoms with Crippen LogP contribution in [0.4, 0.5) is 34.1 Å². The van der Waals surface area contributed by atoms with E-state index in [1.54, 1.807) is 0 Å². The molecule has 0 bridgehead atoms. The van der Waals surface area contributed by atoms with Crippen molar-refractivity contribution in [3.8, 4) is 23.3 Å². The molecule has 44 heavy (non-hydrogen) atoms. The standard InChI is InChI=1S/C40H26N4/c41-25-27-17-33(23-35(19-27)43-37-13-5-1-9-29(37)21-30-10-2-6-14-38(30)43)34-18-28(26-42)20-36(24-34)44-39-15-7-3-11-31(39)22-32-12-4-8-16-40(32)44/h1-20,23-24H,21-22H2. The second-order valence-corrected chi connectivity index (χ2v) is 11.3. The summed E-state index contributed by atoms with van der Waals surface area (Å²) in [7, 11) is 0. The molecular weight excluding hydrogens is 536 g/mol. The van der Waals surface area contributed by atoms with E-state index in [2.05, 4.69) is 131 Å². The molecule has 6 aromatic carbocycles. The van der Waals surface area contributed by atoms with Crippen molar-refractivity contribution in [2.45, 2.75) is 12.8 Å². The molecule has 0 aromatic heterocycles. The fraction of sp³-hybridized carbons (Fsp3) is 0.0500. The topological polar surface area (TPSA) is 54.1 Å². The van der Waals surface area contributed by atoms with E-state index in [4.69, 9.17) is 0 Å². The summed E-state index contributed by atoms with van der Waals surface area (Å²) in [6.45, 7) is 0. The van der Waals surface area contributed by atoms with E-state index in [1.807, 2.05) is 24.3 Å². The van der Waals surface area contributed by atoms with Crippen LogP contribution in [-0.4, -0.2) is 0 Å². The molecule has 0 amide bonds. The van der Waals surface area contributed by atoms with Crippen LogP contribution in [0, 0.1) is 22.7 Å². The zero-order chi connectivity index (χ0) is 29.6. The van der Waals surface area contributed by atoms with Gasteiger partial charge in [-0.2, -0.15) is 10.5 Å². The summed E-state index contributed by atoms with van der Waals surface area (Å²) in [5.74, 6) is 0. The van der Waals surface area contributed by atoms with E-state index in [9.17, 15) is 10.5 Å². The van der Waals surface area contributed by atoms with Crippen molar-refractivity contribution in [3.05, 3.63) is 167 Å². The lowest BCUT2D eigenvalue weighted by molar-refractivity contribution is 1.09. The molecule has 2 aliphatic heterocycles. The van der Waals surface area contributed by atoms with Crippen molar-refractivity contribution in [2.75, 3.05) is 9.80 Å². The predicted molar refractivity (Wildman–Crippen MR) is 176 cm³/mol. The van der Waals surface area contributed by atoms with Gasteiger partial charge in [0, 0.05) is 47.0 Å². The molecule has 0 atom stereocenters. The van der Waals surface area contributed by atoms with Crippen molar-refractivity contribution in [1.82, 2.24) is 0 Å². The summed E-state index contributed by atoms with van der Waals surface area (Å²) in [6, 6.07) is 50.6. The average Bonchev–Trinajstić information content (AvgIpc) is 3.09. The van der Waals surface area contributed by atoms with Gasteiger partial charge < -0.3 is 9.80 Å². The average molecular weight is 563 g/mol. The van der Waals surface area contributed by atoms with Crippen LogP contribution in [-0.2, 0) is 12.8 Å². The summed E-state index contributed by atoms with van der Waals surface area (Å²) in [5.41, 5.74) is 14.1. The summed E-state index contributed by atoms with van der Waals surface area (Å²) >= 11 is 0. The maximum atomic E-state index is 10.2. The summed E-state index contributed by atoms with van der Waals surface area (Å²) in [6.07, 6.45) is 1.72. The van der Waals surface area contributed by atoms with Crippen LogP contribution in [0.2, 0.25) is 0 Å². The van der Waals surface area contributed by atoms with E-state index in [-0.39, 0.29) is 0 Å². The number of nitriles is 2. The maximum absolute atomic E-state index is 10.2. The molecule has 0 fully saturated rings. The SMILES string of the molecule is N#Cc1cc(-c2cc(C#N)cc(N3c4ccccc4Cc4ccccc43)c2)cc(N2c3ccccc3Cc3ccccc32)c1. The van der Waals surface area contributed by atoms with Crippen molar-refractivity contribution in [2.24, 2.45) is 0 Å². The highest BCUT2D eigenvalue weighted by atomic mass is 15.2. The molecule has 0 saturated carbocycles. The highest BCUT2D eigenvalue weighted by molar-refractivity contribution is 5.89. The highest BCUT2D eigenvalue weighted by Crippen LogP contribution is 2.47. The van der Waals surface area contributed by atoms with Crippen LogP contribution < -0.4 is 9.80 Å². The van der Waals surface area contributed by atoms with E-state index in [0.29, 0.717) is 11.1 Å². The number of benzene rings is 6. The molecular formula is C40H26N4. The third kappa shape index (κ3) is 4.21. The first-order chi connectivity index (χ1) is 21.7. The molecule has 6 aromatic rings.